The fourth-order valence-corrected chi connectivity index (χ4v) is 5.59. The highest BCUT2D eigenvalue weighted by Gasteiger charge is 2.63. The number of hydrogen-bond donors (Lipinski definition) is 1. The largest absolute Gasteiger partial charge is 0.391 e. The highest BCUT2D eigenvalue weighted by Crippen LogP contribution is 2.60. The Kier molecular flexibility index (Phi) is 3.78. The number of hydrogen-bond acceptors (Lipinski definition) is 1. The van der Waals surface area contributed by atoms with Gasteiger partial charge in [-0.25, -0.2) is 0 Å². The van der Waals surface area contributed by atoms with Crippen molar-refractivity contribution in [3.05, 3.63) is 70.8 Å². The second-order valence-corrected chi connectivity index (χ2v) is 7.59. The molecular formula is C22H28NO+. The molecule has 4 rings (SSSR count). The van der Waals surface area contributed by atoms with Crippen molar-refractivity contribution in [1.82, 2.24) is 0 Å². The minimum Gasteiger partial charge on any atom is -0.391 e. The average Bonchev–Trinajstić information content (AvgIpc) is 2.74. The van der Waals surface area contributed by atoms with Crippen molar-refractivity contribution in [1.29, 1.82) is 0 Å². The van der Waals surface area contributed by atoms with Crippen molar-refractivity contribution in [3.8, 4) is 0 Å². The van der Waals surface area contributed by atoms with E-state index in [9.17, 15) is 5.11 Å². The van der Waals surface area contributed by atoms with Gasteiger partial charge < -0.3 is 9.59 Å². The van der Waals surface area contributed by atoms with E-state index in [2.05, 4.69) is 62.4 Å². The van der Waals surface area contributed by atoms with E-state index in [1.165, 1.54) is 35.1 Å². The van der Waals surface area contributed by atoms with Crippen LogP contribution in [-0.4, -0.2) is 29.3 Å². The van der Waals surface area contributed by atoms with Crippen molar-refractivity contribution >= 4 is 0 Å². The number of fused-ring (bicyclic) bond motifs is 7. The minimum absolute atomic E-state index is 0.0476. The molecule has 0 radical (unpaired) electrons. The zero-order valence-corrected chi connectivity index (χ0v) is 14.8. The predicted molar refractivity (Wildman–Crippen MR) is 97.8 cm³/mol. The molecule has 1 N–H and O–H groups in total. The zero-order valence-electron chi connectivity index (χ0n) is 14.8. The van der Waals surface area contributed by atoms with Crippen molar-refractivity contribution in [2.24, 2.45) is 0 Å². The monoisotopic (exact) mass is 322 g/mol. The number of nitrogens with zero attached hydrogens (tertiary/aromatic N) is 1. The summed E-state index contributed by atoms with van der Waals surface area (Å²) in [6.45, 7) is 6.93. The lowest BCUT2D eigenvalue weighted by Gasteiger charge is -2.54. The number of aliphatic hydroxyl groups is 1. The van der Waals surface area contributed by atoms with Crippen LogP contribution in [0.3, 0.4) is 0 Å². The topological polar surface area (TPSA) is 20.2 Å². The molecule has 24 heavy (non-hydrogen) atoms. The Morgan fingerprint density at radius 3 is 2.50 bits per heavy atom. The number of benzene rings is 2. The van der Waals surface area contributed by atoms with Crippen LogP contribution in [0.2, 0.25) is 0 Å². The summed E-state index contributed by atoms with van der Waals surface area (Å²) >= 11 is 0. The van der Waals surface area contributed by atoms with E-state index < -0.39 is 0 Å². The summed E-state index contributed by atoms with van der Waals surface area (Å²) in [4.78, 5) is 0. The van der Waals surface area contributed by atoms with E-state index in [1.54, 1.807) is 0 Å². The third-order valence-corrected chi connectivity index (χ3v) is 6.70. The Morgan fingerprint density at radius 1 is 1.04 bits per heavy atom. The Balaban J connectivity index is 2.00. The van der Waals surface area contributed by atoms with E-state index >= 15 is 0 Å². The smallest absolute Gasteiger partial charge is 0.149 e. The first-order chi connectivity index (χ1) is 11.7. The molecule has 0 spiro atoms. The second kappa shape index (κ2) is 5.72. The Hall–Kier alpha value is -1.64. The summed E-state index contributed by atoms with van der Waals surface area (Å²) in [6, 6.07) is 18.5. The van der Waals surface area contributed by atoms with E-state index in [-0.39, 0.29) is 12.1 Å². The Bertz CT molecular complexity index is 742. The molecular weight excluding hydrogens is 294 g/mol. The quantitative estimate of drug-likeness (QED) is 0.819. The average molecular weight is 322 g/mol. The summed E-state index contributed by atoms with van der Waals surface area (Å²) in [7, 11) is 0. The maximum atomic E-state index is 9.97. The molecule has 0 amide bonds. The lowest BCUT2D eigenvalue weighted by atomic mass is 9.78. The number of rotatable bonds is 5. The van der Waals surface area contributed by atoms with Crippen LogP contribution in [0.1, 0.15) is 55.0 Å². The molecule has 2 aromatic carbocycles. The van der Waals surface area contributed by atoms with Crippen LogP contribution < -0.4 is 0 Å². The molecule has 0 aromatic heterocycles. The first-order valence-electron chi connectivity index (χ1n) is 9.34. The second-order valence-electron chi connectivity index (χ2n) is 7.59. The molecule has 2 bridgehead atoms. The van der Waals surface area contributed by atoms with Crippen LogP contribution in [0.4, 0.5) is 0 Å². The van der Waals surface area contributed by atoms with Crippen LogP contribution in [0, 0.1) is 0 Å². The first kappa shape index (κ1) is 15.9. The summed E-state index contributed by atoms with van der Waals surface area (Å²) in [5.74, 6) is 0. The van der Waals surface area contributed by atoms with E-state index in [1.807, 2.05) is 0 Å². The van der Waals surface area contributed by atoms with Crippen LogP contribution in [0.5, 0.6) is 0 Å². The van der Waals surface area contributed by atoms with Gasteiger partial charge in [0.2, 0.25) is 0 Å². The Labute approximate surface area is 145 Å². The number of quaternary nitrogens is 1. The summed E-state index contributed by atoms with van der Waals surface area (Å²) in [5, 5.41) is 9.97. The molecule has 2 heterocycles. The normalized spacial score (nSPS) is 30.0. The summed E-state index contributed by atoms with van der Waals surface area (Å²) in [5.41, 5.74) is 5.89. The summed E-state index contributed by atoms with van der Waals surface area (Å²) in [6.07, 6.45) is 3.50. The fourth-order valence-electron chi connectivity index (χ4n) is 5.59. The SMILES string of the molecule is CCCC[N@@+]1(CCO)[C@@H]2Cc3ccccc3[C@@]1(C)c1ccccc12. The minimum atomic E-state index is -0.0476. The zero-order chi connectivity index (χ0) is 16.8. The molecule has 0 saturated heterocycles. The summed E-state index contributed by atoms with van der Waals surface area (Å²) < 4.78 is 0.994. The standard InChI is InChI=1S/C22H28NO/c1-3-4-13-23(14-15-24)21-16-17-9-5-7-11-19(17)22(23,2)20-12-8-6-10-18(20)21/h5-12,21,24H,3-4,13-16H2,1-2H3/q+1/t21-,22+,23-/m1/s1. The molecule has 2 aromatic rings. The van der Waals surface area contributed by atoms with Gasteiger partial charge in [0, 0.05) is 23.1 Å². The molecule has 0 saturated carbocycles. The van der Waals surface area contributed by atoms with Crippen LogP contribution in [0.15, 0.2) is 48.5 Å². The van der Waals surface area contributed by atoms with Gasteiger partial charge in [-0.15, -0.1) is 0 Å². The van der Waals surface area contributed by atoms with Gasteiger partial charge in [0.05, 0.1) is 13.2 Å². The highest BCUT2D eigenvalue weighted by molar-refractivity contribution is 5.51. The molecule has 0 aliphatic carbocycles. The van der Waals surface area contributed by atoms with Gasteiger partial charge in [0.25, 0.3) is 0 Å². The lowest BCUT2D eigenvalue weighted by Crippen LogP contribution is -2.63. The van der Waals surface area contributed by atoms with Crippen LogP contribution >= 0.6 is 0 Å². The number of aliphatic hydroxyl groups excluding tert-OH is 1. The molecule has 2 heteroatoms. The molecule has 2 aliphatic rings. The maximum absolute atomic E-state index is 9.97. The predicted octanol–water partition coefficient (Wildman–Crippen LogP) is 4.17. The molecule has 3 atom stereocenters. The van der Waals surface area contributed by atoms with Gasteiger partial charge in [0.15, 0.2) is 0 Å². The van der Waals surface area contributed by atoms with Gasteiger partial charge in [0.1, 0.15) is 18.1 Å². The van der Waals surface area contributed by atoms with Crippen molar-refractivity contribution in [2.75, 3.05) is 19.7 Å². The van der Waals surface area contributed by atoms with Crippen LogP contribution in [0.25, 0.3) is 0 Å². The highest BCUT2D eigenvalue weighted by atomic mass is 16.3. The molecule has 2 aliphatic heterocycles. The molecule has 126 valence electrons. The van der Waals surface area contributed by atoms with Crippen LogP contribution in [-0.2, 0) is 12.0 Å². The van der Waals surface area contributed by atoms with E-state index in [0.29, 0.717) is 6.04 Å². The van der Waals surface area contributed by atoms with Gasteiger partial charge in [-0.2, -0.15) is 0 Å². The van der Waals surface area contributed by atoms with Crippen molar-refractivity contribution < 1.29 is 9.59 Å². The Morgan fingerprint density at radius 2 is 1.75 bits per heavy atom. The first-order valence-corrected chi connectivity index (χ1v) is 9.34. The molecule has 0 unspecified atom stereocenters. The van der Waals surface area contributed by atoms with E-state index in [4.69, 9.17) is 0 Å². The van der Waals surface area contributed by atoms with Gasteiger partial charge in [-0.1, -0.05) is 61.9 Å². The lowest BCUT2D eigenvalue weighted by molar-refractivity contribution is -0.998. The molecule has 0 fully saturated rings. The van der Waals surface area contributed by atoms with Gasteiger partial charge >= 0.3 is 0 Å². The van der Waals surface area contributed by atoms with Crippen molar-refractivity contribution in [2.45, 2.75) is 44.7 Å². The number of unbranched alkanes of at least 4 members (excludes halogenated alkanes) is 1. The van der Waals surface area contributed by atoms with Gasteiger partial charge in [-0.05, 0) is 18.9 Å². The maximum Gasteiger partial charge on any atom is 0.149 e. The molecule has 2 nitrogen and oxygen atoms in total. The third-order valence-electron chi connectivity index (χ3n) is 6.70. The third kappa shape index (κ3) is 1.84. The fraction of sp³-hybridized carbons (Fsp3) is 0.455. The van der Waals surface area contributed by atoms with Crippen molar-refractivity contribution in [3.63, 3.8) is 0 Å². The van der Waals surface area contributed by atoms with E-state index in [0.717, 1.165) is 24.0 Å². The van der Waals surface area contributed by atoms with Gasteiger partial charge in [-0.3, -0.25) is 0 Å².